The van der Waals surface area contributed by atoms with Crippen LogP contribution in [0.15, 0.2) is 30.7 Å². The zero-order valence-electron chi connectivity index (χ0n) is 13.7. The molecule has 1 unspecified atom stereocenters. The number of carbonyl (C=O) groups excluding carboxylic acids is 1. The number of hydrogen-bond donors (Lipinski definition) is 2. The molecule has 0 radical (unpaired) electrons. The van der Waals surface area contributed by atoms with E-state index in [4.69, 9.17) is 5.73 Å². The lowest BCUT2D eigenvalue weighted by molar-refractivity contribution is 0.0761. The molecule has 3 N–H and O–H groups in total. The van der Waals surface area contributed by atoms with E-state index >= 15 is 0 Å². The van der Waals surface area contributed by atoms with Crippen molar-refractivity contribution in [1.82, 2.24) is 19.7 Å². The van der Waals surface area contributed by atoms with Crippen LogP contribution in [-0.4, -0.2) is 44.7 Å². The Hall–Kier alpha value is -2.28. The van der Waals surface area contributed by atoms with Crippen LogP contribution in [0.4, 0.5) is 11.5 Å². The molecule has 0 saturated carbocycles. The van der Waals surface area contributed by atoms with E-state index in [1.807, 2.05) is 18.0 Å². The van der Waals surface area contributed by atoms with Gasteiger partial charge in [-0.15, -0.1) is 12.4 Å². The molecule has 2 aromatic rings. The molecule has 0 aromatic carbocycles. The zero-order valence-corrected chi connectivity index (χ0v) is 14.5. The smallest absolute Gasteiger partial charge is 0.257 e. The van der Waals surface area contributed by atoms with E-state index in [-0.39, 0.29) is 18.3 Å². The first-order chi connectivity index (χ1) is 11.1. The summed E-state index contributed by atoms with van der Waals surface area (Å²) in [6, 6.07) is 4.07. The van der Waals surface area contributed by atoms with Crippen molar-refractivity contribution in [3.05, 3.63) is 36.3 Å². The highest BCUT2D eigenvalue weighted by Gasteiger charge is 2.22. The van der Waals surface area contributed by atoms with Gasteiger partial charge in [0.15, 0.2) is 0 Å². The molecule has 1 aliphatic rings. The van der Waals surface area contributed by atoms with E-state index in [0.717, 1.165) is 38.0 Å². The lowest BCUT2D eigenvalue weighted by Gasteiger charge is -2.20. The number of aryl methyl sites for hydroxylation is 1. The fourth-order valence-electron chi connectivity index (χ4n) is 2.88. The predicted molar refractivity (Wildman–Crippen MR) is 96.3 cm³/mol. The first kappa shape index (κ1) is 18.1. The molecule has 3 rings (SSSR count). The Balaban J connectivity index is 0.00000208. The van der Waals surface area contributed by atoms with Crippen LogP contribution in [0.5, 0.6) is 0 Å². The molecule has 24 heavy (non-hydrogen) atoms. The van der Waals surface area contributed by atoms with Crippen molar-refractivity contribution in [1.29, 1.82) is 0 Å². The van der Waals surface area contributed by atoms with Crippen LogP contribution >= 0.6 is 12.4 Å². The van der Waals surface area contributed by atoms with Crippen molar-refractivity contribution in [2.24, 2.45) is 7.05 Å². The number of likely N-dealkylation sites (tertiary alicyclic amines) is 1. The molecule has 1 atom stereocenters. The van der Waals surface area contributed by atoms with Crippen LogP contribution in [0.3, 0.4) is 0 Å². The first-order valence-electron chi connectivity index (χ1n) is 7.88. The Labute approximate surface area is 147 Å². The number of nitrogens with two attached hydrogens (primary N) is 1. The third-order valence-corrected chi connectivity index (χ3v) is 4.12. The van der Waals surface area contributed by atoms with Gasteiger partial charge in [-0.05, 0) is 31.4 Å². The second kappa shape index (κ2) is 8.01. The van der Waals surface area contributed by atoms with Gasteiger partial charge >= 0.3 is 0 Å². The minimum atomic E-state index is 0. The van der Waals surface area contributed by atoms with E-state index in [1.165, 1.54) is 0 Å². The molecular weight excluding hydrogens is 328 g/mol. The monoisotopic (exact) mass is 350 g/mol. The molecular formula is C16H23ClN6O. The highest BCUT2D eigenvalue weighted by atomic mass is 35.5. The van der Waals surface area contributed by atoms with E-state index < -0.39 is 0 Å². The van der Waals surface area contributed by atoms with E-state index in [0.29, 0.717) is 17.4 Å². The van der Waals surface area contributed by atoms with Gasteiger partial charge < -0.3 is 16.0 Å². The minimum absolute atomic E-state index is 0. The average molecular weight is 351 g/mol. The van der Waals surface area contributed by atoms with Crippen molar-refractivity contribution < 1.29 is 4.79 Å². The Kier molecular flexibility index (Phi) is 6.03. The molecule has 130 valence electrons. The number of aromatic nitrogens is 3. The lowest BCUT2D eigenvalue weighted by Crippen LogP contribution is -2.32. The van der Waals surface area contributed by atoms with Gasteiger partial charge in [-0.1, -0.05) is 0 Å². The van der Waals surface area contributed by atoms with Crippen molar-refractivity contribution in [3.8, 4) is 0 Å². The molecule has 0 aliphatic carbocycles. The van der Waals surface area contributed by atoms with Gasteiger partial charge in [-0.2, -0.15) is 5.10 Å². The fourth-order valence-corrected chi connectivity index (χ4v) is 2.88. The standard InChI is InChI=1S/C16H22N6O.ClH/c1-21-11-12(9-19-21)16(23)22-7-2-3-13(6-8-22)20-14-4-5-15(17)18-10-14;/h4-5,9-11,13,20H,2-3,6-8H2,1H3,(H2,17,18);1H. The number of nitrogen functional groups attached to an aromatic ring is 1. The van der Waals surface area contributed by atoms with Crippen molar-refractivity contribution >= 4 is 29.8 Å². The maximum Gasteiger partial charge on any atom is 0.257 e. The zero-order chi connectivity index (χ0) is 16.2. The molecule has 1 aliphatic heterocycles. The van der Waals surface area contributed by atoms with Gasteiger partial charge in [-0.25, -0.2) is 4.98 Å². The van der Waals surface area contributed by atoms with Gasteiger partial charge in [0.2, 0.25) is 0 Å². The van der Waals surface area contributed by atoms with Crippen LogP contribution in [0.1, 0.15) is 29.6 Å². The molecule has 2 aromatic heterocycles. The summed E-state index contributed by atoms with van der Waals surface area (Å²) in [6.07, 6.45) is 8.06. The first-order valence-corrected chi connectivity index (χ1v) is 7.88. The van der Waals surface area contributed by atoms with Crippen LogP contribution in [0.25, 0.3) is 0 Å². The molecule has 0 spiro atoms. The second-order valence-electron chi connectivity index (χ2n) is 5.94. The maximum atomic E-state index is 12.5. The summed E-state index contributed by atoms with van der Waals surface area (Å²) in [6.45, 7) is 1.53. The molecule has 1 saturated heterocycles. The van der Waals surface area contributed by atoms with Crippen LogP contribution in [0.2, 0.25) is 0 Å². The van der Waals surface area contributed by atoms with E-state index in [1.54, 1.807) is 29.3 Å². The summed E-state index contributed by atoms with van der Waals surface area (Å²) < 4.78 is 1.66. The number of carbonyl (C=O) groups is 1. The summed E-state index contributed by atoms with van der Waals surface area (Å²) in [7, 11) is 1.82. The second-order valence-corrected chi connectivity index (χ2v) is 5.94. The molecule has 1 fully saturated rings. The minimum Gasteiger partial charge on any atom is -0.384 e. The molecule has 3 heterocycles. The maximum absolute atomic E-state index is 12.5. The number of halogens is 1. The number of nitrogens with one attached hydrogen (secondary N) is 1. The van der Waals surface area contributed by atoms with Crippen molar-refractivity contribution in [3.63, 3.8) is 0 Å². The predicted octanol–water partition coefficient (Wildman–Crippen LogP) is 1.93. The van der Waals surface area contributed by atoms with E-state index in [2.05, 4.69) is 15.4 Å². The van der Waals surface area contributed by atoms with Gasteiger partial charge in [0.05, 0.1) is 23.6 Å². The number of amides is 1. The number of nitrogens with zero attached hydrogens (tertiary/aromatic N) is 4. The molecule has 8 heteroatoms. The number of pyridine rings is 1. The Morgan fingerprint density at radius 3 is 2.79 bits per heavy atom. The van der Waals surface area contributed by atoms with Gasteiger partial charge in [-0.3, -0.25) is 9.48 Å². The topological polar surface area (TPSA) is 89.1 Å². The Bertz CT molecular complexity index is 671. The third kappa shape index (κ3) is 4.38. The highest BCUT2D eigenvalue weighted by Crippen LogP contribution is 2.18. The lowest BCUT2D eigenvalue weighted by atomic mass is 10.1. The van der Waals surface area contributed by atoms with Crippen LogP contribution in [-0.2, 0) is 7.05 Å². The van der Waals surface area contributed by atoms with Crippen molar-refractivity contribution in [2.75, 3.05) is 24.1 Å². The van der Waals surface area contributed by atoms with E-state index in [9.17, 15) is 4.79 Å². The van der Waals surface area contributed by atoms with Gasteiger partial charge in [0, 0.05) is 32.4 Å². The number of hydrogen-bond acceptors (Lipinski definition) is 5. The average Bonchev–Trinajstić information content (AvgIpc) is 2.84. The summed E-state index contributed by atoms with van der Waals surface area (Å²) in [5.74, 6) is 0.581. The van der Waals surface area contributed by atoms with Gasteiger partial charge in [0.1, 0.15) is 5.82 Å². The largest absolute Gasteiger partial charge is 0.384 e. The molecule has 0 bridgehead atoms. The SMILES string of the molecule is Cl.Cn1cc(C(=O)N2CCCC(Nc3ccc(N)nc3)CC2)cn1. The number of rotatable bonds is 3. The summed E-state index contributed by atoms with van der Waals surface area (Å²) >= 11 is 0. The van der Waals surface area contributed by atoms with Crippen LogP contribution in [0, 0.1) is 0 Å². The quantitative estimate of drug-likeness (QED) is 0.882. The summed E-state index contributed by atoms with van der Waals surface area (Å²) in [4.78, 5) is 18.5. The number of anilines is 2. The fraction of sp³-hybridized carbons (Fsp3) is 0.438. The molecule has 7 nitrogen and oxygen atoms in total. The normalized spacial score (nSPS) is 17.7. The third-order valence-electron chi connectivity index (χ3n) is 4.12. The molecule has 1 amide bonds. The van der Waals surface area contributed by atoms with Crippen molar-refractivity contribution in [2.45, 2.75) is 25.3 Å². The highest BCUT2D eigenvalue weighted by molar-refractivity contribution is 5.93. The summed E-state index contributed by atoms with van der Waals surface area (Å²) in [5.41, 5.74) is 7.23. The summed E-state index contributed by atoms with van der Waals surface area (Å²) in [5, 5.41) is 7.55. The van der Waals surface area contributed by atoms with Crippen LogP contribution < -0.4 is 11.1 Å². The Morgan fingerprint density at radius 2 is 2.12 bits per heavy atom. The Morgan fingerprint density at radius 1 is 1.29 bits per heavy atom. The van der Waals surface area contributed by atoms with Gasteiger partial charge in [0.25, 0.3) is 5.91 Å².